The van der Waals surface area contributed by atoms with Crippen LogP contribution < -0.4 is 0 Å². The van der Waals surface area contributed by atoms with E-state index in [0.717, 1.165) is 95.9 Å². The maximum absolute atomic E-state index is 12.7. The first-order valence-electron chi connectivity index (χ1n) is 15.1. The number of esters is 1. The van der Waals surface area contributed by atoms with Crippen LogP contribution in [0.5, 0.6) is 0 Å². The SMILES string of the molecule is CCCCCCC(CCCCCC)OC(=O)CCCCCN(CCCCCC=O)C(=O)SCCN(C)C. The van der Waals surface area contributed by atoms with Gasteiger partial charge in [0.1, 0.15) is 12.4 Å². The molecule has 0 heterocycles. The average Bonchev–Trinajstić information content (AvgIpc) is 2.87. The zero-order valence-corrected chi connectivity index (χ0v) is 25.5. The van der Waals surface area contributed by atoms with E-state index < -0.39 is 0 Å². The van der Waals surface area contributed by atoms with Gasteiger partial charge in [-0.1, -0.05) is 77.0 Å². The Labute approximate surface area is 233 Å². The summed E-state index contributed by atoms with van der Waals surface area (Å²) < 4.78 is 5.89. The number of rotatable bonds is 26. The summed E-state index contributed by atoms with van der Waals surface area (Å²) in [5.74, 6) is 0.732. The number of nitrogens with zero attached hydrogens (tertiary/aromatic N) is 2. The van der Waals surface area contributed by atoms with Crippen LogP contribution >= 0.6 is 11.8 Å². The van der Waals surface area contributed by atoms with Crippen LogP contribution in [0.3, 0.4) is 0 Å². The minimum atomic E-state index is -0.0571. The second-order valence-corrected chi connectivity index (χ2v) is 11.6. The van der Waals surface area contributed by atoms with Gasteiger partial charge in [0.05, 0.1) is 0 Å². The van der Waals surface area contributed by atoms with Crippen molar-refractivity contribution in [3.8, 4) is 0 Å². The molecule has 0 unspecified atom stereocenters. The molecule has 0 atom stereocenters. The van der Waals surface area contributed by atoms with Gasteiger partial charge in [-0.3, -0.25) is 9.59 Å². The number of unbranched alkanes of at least 4 members (excludes halogenated alkanes) is 11. The Morgan fingerprint density at radius 2 is 1.32 bits per heavy atom. The maximum Gasteiger partial charge on any atom is 0.306 e. The van der Waals surface area contributed by atoms with Crippen molar-refractivity contribution in [1.29, 1.82) is 0 Å². The first-order chi connectivity index (χ1) is 17.9. The third-order valence-electron chi connectivity index (χ3n) is 6.64. The van der Waals surface area contributed by atoms with Gasteiger partial charge in [-0.2, -0.15) is 0 Å². The average molecular weight is 543 g/mol. The number of thioether (sulfide) groups is 1. The number of hydrogen-bond donors (Lipinski definition) is 0. The highest BCUT2D eigenvalue weighted by Gasteiger charge is 2.16. The van der Waals surface area contributed by atoms with Crippen molar-refractivity contribution >= 4 is 29.3 Å². The van der Waals surface area contributed by atoms with Crippen molar-refractivity contribution in [2.24, 2.45) is 0 Å². The largest absolute Gasteiger partial charge is 0.462 e. The van der Waals surface area contributed by atoms with Crippen LogP contribution in [0.15, 0.2) is 0 Å². The molecule has 0 aliphatic rings. The predicted molar refractivity (Wildman–Crippen MR) is 158 cm³/mol. The molecule has 0 aliphatic carbocycles. The van der Waals surface area contributed by atoms with E-state index in [1.807, 2.05) is 19.0 Å². The molecule has 37 heavy (non-hydrogen) atoms. The highest BCUT2D eigenvalue weighted by atomic mass is 32.2. The molecule has 0 saturated heterocycles. The molecule has 0 aromatic heterocycles. The van der Waals surface area contributed by atoms with E-state index in [1.165, 1.54) is 50.3 Å². The van der Waals surface area contributed by atoms with E-state index in [4.69, 9.17) is 4.74 Å². The van der Waals surface area contributed by atoms with Crippen LogP contribution in [-0.4, -0.2) is 72.9 Å². The number of carbonyl (C=O) groups excluding carboxylic acids is 3. The van der Waals surface area contributed by atoms with E-state index in [0.29, 0.717) is 12.8 Å². The molecular weight excluding hydrogens is 484 g/mol. The van der Waals surface area contributed by atoms with Crippen molar-refractivity contribution in [1.82, 2.24) is 9.80 Å². The fourth-order valence-electron chi connectivity index (χ4n) is 4.26. The number of hydrogen-bond acceptors (Lipinski definition) is 6. The summed E-state index contributed by atoms with van der Waals surface area (Å²) in [7, 11) is 4.03. The van der Waals surface area contributed by atoms with Gasteiger partial charge in [0.15, 0.2) is 0 Å². The second kappa shape index (κ2) is 26.5. The smallest absolute Gasteiger partial charge is 0.306 e. The van der Waals surface area contributed by atoms with Gasteiger partial charge in [-0.15, -0.1) is 0 Å². The fourth-order valence-corrected chi connectivity index (χ4v) is 5.26. The molecule has 0 fully saturated rings. The highest BCUT2D eigenvalue weighted by molar-refractivity contribution is 8.13. The first kappa shape index (κ1) is 35.9. The summed E-state index contributed by atoms with van der Waals surface area (Å²) in [6, 6.07) is 0. The van der Waals surface area contributed by atoms with E-state index in [-0.39, 0.29) is 17.3 Å². The van der Waals surface area contributed by atoms with Gasteiger partial charge in [0.25, 0.3) is 5.24 Å². The van der Waals surface area contributed by atoms with Crippen LogP contribution in [0.1, 0.15) is 129 Å². The van der Waals surface area contributed by atoms with E-state index in [9.17, 15) is 14.4 Å². The van der Waals surface area contributed by atoms with Gasteiger partial charge in [0.2, 0.25) is 0 Å². The molecule has 0 aromatic carbocycles. The topological polar surface area (TPSA) is 66.9 Å². The number of carbonyl (C=O) groups is 3. The lowest BCUT2D eigenvalue weighted by Crippen LogP contribution is -2.30. The molecule has 1 amide bonds. The monoisotopic (exact) mass is 542 g/mol. The third kappa shape index (κ3) is 23.7. The van der Waals surface area contributed by atoms with Gasteiger partial charge in [-0.25, -0.2) is 0 Å². The molecule has 0 radical (unpaired) electrons. The Balaban J connectivity index is 4.40. The van der Waals surface area contributed by atoms with Crippen LogP contribution in [0.2, 0.25) is 0 Å². The van der Waals surface area contributed by atoms with E-state index >= 15 is 0 Å². The zero-order chi connectivity index (χ0) is 27.6. The third-order valence-corrected chi connectivity index (χ3v) is 7.53. The maximum atomic E-state index is 12.7. The first-order valence-corrected chi connectivity index (χ1v) is 16.1. The lowest BCUT2D eigenvalue weighted by molar-refractivity contribution is -0.150. The highest BCUT2D eigenvalue weighted by Crippen LogP contribution is 2.17. The zero-order valence-electron chi connectivity index (χ0n) is 24.6. The Hall–Kier alpha value is -1.08. The Kier molecular flexibility index (Phi) is 25.7. The van der Waals surface area contributed by atoms with Gasteiger partial charge < -0.3 is 19.3 Å². The Bertz CT molecular complexity index is 548. The number of aldehydes is 1. The Morgan fingerprint density at radius 1 is 0.757 bits per heavy atom. The molecule has 0 bridgehead atoms. The number of amides is 1. The van der Waals surface area contributed by atoms with E-state index in [1.54, 1.807) is 0 Å². The van der Waals surface area contributed by atoms with Crippen LogP contribution in [0.4, 0.5) is 4.79 Å². The normalized spacial score (nSPS) is 11.3. The van der Waals surface area contributed by atoms with Crippen molar-refractivity contribution < 1.29 is 19.1 Å². The molecule has 6 nitrogen and oxygen atoms in total. The van der Waals surface area contributed by atoms with Crippen molar-refractivity contribution in [2.75, 3.05) is 39.5 Å². The summed E-state index contributed by atoms with van der Waals surface area (Å²) in [6.07, 6.45) is 19.2. The van der Waals surface area contributed by atoms with Crippen molar-refractivity contribution in [3.63, 3.8) is 0 Å². The molecule has 0 aliphatic heterocycles. The van der Waals surface area contributed by atoms with Crippen molar-refractivity contribution in [2.45, 2.75) is 136 Å². The van der Waals surface area contributed by atoms with Gasteiger partial charge in [0, 0.05) is 38.2 Å². The Morgan fingerprint density at radius 3 is 1.86 bits per heavy atom. The second-order valence-electron chi connectivity index (χ2n) is 10.5. The fraction of sp³-hybridized carbons (Fsp3) is 0.900. The molecule has 0 spiro atoms. The molecule has 218 valence electrons. The quantitative estimate of drug-likeness (QED) is 0.0629. The molecule has 0 N–H and O–H groups in total. The standard InChI is InChI=1S/C30H58N2O4S/c1-5-7-9-14-20-28(21-15-10-8-6-2)36-29(34)22-16-13-18-24-32(23-17-11-12-19-26-33)30(35)37-27-25-31(3)4/h26,28H,5-25,27H2,1-4H3. The minimum Gasteiger partial charge on any atom is -0.462 e. The van der Waals surface area contributed by atoms with Crippen LogP contribution in [-0.2, 0) is 14.3 Å². The predicted octanol–water partition coefficient (Wildman–Crippen LogP) is 7.88. The summed E-state index contributed by atoms with van der Waals surface area (Å²) in [5, 5.41) is 0.144. The molecular formula is C30H58N2O4S. The summed E-state index contributed by atoms with van der Waals surface area (Å²) in [4.78, 5) is 39.8. The molecule has 0 rings (SSSR count). The molecule has 7 heteroatoms. The lowest BCUT2D eigenvalue weighted by atomic mass is 10.0. The van der Waals surface area contributed by atoms with Crippen LogP contribution in [0.25, 0.3) is 0 Å². The molecule has 0 saturated carbocycles. The summed E-state index contributed by atoms with van der Waals surface area (Å²) in [5.41, 5.74) is 0. The van der Waals surface area contributed by atoms with E-state index in [2.05, 4.69) is 18.7 Å². The van der Waals surface area contributed by atoms with Gasteiger partial charge >= 0.3 is 5.97 Å². The van der Waals surface area contributed by atoms with Gasteiger partial charge in [-0.05, 0) is 65.5 Å². The lowest BCUT2D eigenvalue weighted by Gasteiger charge is -2.22. The number of ether oxygens (including phenoxy) is 1. The minimum absolute atomic E-state index is 0.0571. The summed E-state index contributed by atoms with van der Waals surface area (Å²) in [6.45, 7) is 6.79. The van der Waals surface area contributed by atoms with Crippen LogP contribution in [0, 0.1) is 0 Å². The van der Waals surface area contributed by atoms with Crippen molar-refractivity contribution in [3.05, 3.63) is 0 Å². The summed E-state index contributed by atoms with van der Waals surface area (Å²) >= 11 is 1.39. The molecule has 0 aromatic rings.